The molecule has 0 fully saturated rings. The quantitative estimate of drug-likeness (QED) is 0.205. The van der Waals surface area contributed by atoms with Gasteiger partial charge in [0.1, 0.15) is 12.1 Å². The summed E-state index contributed by atoms with van der Waals surface area (Å²) >= 11 is 3.84. The van der Waals surface area contributed by atoms with E-state index < -0.39 is 48.4 Å². The van der Waals surface area contributed by atoms with Crippen LogP contribution in [-0.2, 0) is 25.6 Å². The van der Waals surface area contributed by atoms with Gasteiger partial charge in [-0.15, -0.1) is 0 Å². The van der Waals surface area contributed by atoms with Gasteiger partial charge in [0.2, 0.25) is 17.7 Å². The molecule has 28 heavy (non-hydrogen) atoms. The van der Waals surface area contributed by atoms with E-state index in [2.05, 4.69) is 38.5 Å². The molecule has 0 saturated carbocycles. The molecular formula is C16H26N6O5S. The molecule has 156 valence electrons. The molecule has 0 aliphatic rings. The lowest BCUT2D eigenvalue weighted by Gasteiger charge is -2.23. The van der Waals surface area contributed by atoms with Crippen LogP contribution in [0, 0.1) is 5.92 Å². The predicted octanol–water partition coefficient (Wildman–Crippen LogP) is -1.96. The first kappa shape index (κ1) is 23.4. The van der Waals surface area contributed by atoms with E-state index in [-0.39, 0.29) is 18.1 Å². The third-order valence-electron chi connectivity index (χ3n) is 3.81. The molecule has 3 atom stereocenters. The highest BCUT2D eigenvalue weighted by Crippen LogP contribution is 2.04. The van der Waals surface area contributed by atoms with Gasteiger partial charge in [-0.1, -0.05) is 13.8 Å². The van der Waals surface area contributed by atoms with Gasteiger partial charge in [-0.25, -0.2) is 9.78 Å². The largest absolute Gasteiger partial charge is 0.480 e. The summed E-state index contributed by atoms with van der Waals surface area (Å²) in [5, 5.41) is 16.1. The molecule has 1 rings (SSSR count). The van der Waals surface area contributed by atoms with Gasteiger partial charge in [0, 0.05) is 18.4 Å². The van der Waals surface area contributed by atoms with E-state index in [0.717, 1.165) is 0 Å². The fourth-order valence-corrected chi connectivity index (χ4v) is 2.47. The minimum absolute atomic E-state index is 0.0897. The van der Waals surface area contributed by atoms with E-state index in [1.165, 1.54) is 6.33 Å². The number of nitrogens with zero attached hydrogens (tertiary/aromatic N) is 1. The summed E-state index contributed by atoms with van der Waals surface area (Å²) in [6, 6.07) is -2.97. The SMILES string of the molecule is CC(C)[C@H](NC(=O)[C@@H](N)Cc1c[nH]cn1)C(=O)NCC(=O)N[C@@H](CS)C(=O)O. The van der Waals surface area contributed by atoms with Crippen molar-refractivity contribution in [3.63, 3.8) is 0 Å². The van der Waals surface area contributed by atoms with Gasteiger partial charge in [0.15, 0.2) is 0 Å². The van der Waals surface area contributed by atoms with E-state index in [1.54, 1.807) is 20.0 Å². The molecule has 0 aromatic carbocycles. The number of thiol groups is 1. The number of hydrogen-bond acceptors (Lipinski definition) is 7. The first-order valence-electron chi connectivity index (χ1n) is 8.60. The molecule has 3 amide bonds. The Morgan fingerprint density at radius 3 is 2.43 bits per heavy atom. The standard InChI is InChI=1S/C16H26N6O5S/c1-8(2)13(22-14(24)10(17)3-9-4-18-7-20-9)15(25)19-5-12(23)21-11(6-28)16(26)27/h4,7-8,10-11,13,28H,3,5-6,17H2,1-2H3,(H,18,20)(H,19,25)(H,21,23)(H,22,24)(H,26,27)/t10-,11-,13-/m0/s1. The lowest BCUT2D eigenvalue weighted by molar-refractivity contribution is -0.141. The van der Waals surface area contributed by atoms with Crippen LogP contribution in [0.25, 0.3) is 0 Å². The Hall–Kier alpha value is -2.60. The van der Waals surface area contributed by atoms with Gasteiger partial charge in [0.25, 0.3) is 0 Å². The van der Waals surface area contributed by atoms with Crippen LogP contribution in [0.3, 0.4) is 0 Å². The number of aromatic nitrogens is 2. The van der Waals surface area contributed by atoms with Crippen molar-refractivity contribution in [1.29, 1.82) is 0 Å². The Morgan fingerprint density at radius 2 is 1.93 bits per heavy atom. The zero-order valence-corrected chi connectivity index (χ0v) is 16.5. The molecule has 1 heterocycles. The summed E-state index contributed by atoms with van der Waals surface area (Å²) in [6.07, 6.45) is 3.29. The van der Waals surface area contributed by atoms with Crippen LogP contribution in [0.15, 0.2) is 12.5 Å². The number of carbonyl (C=O) groups excluding carboxylic acids is 3. The van der Waals surface area contributed by atoms with E-state index in [1.807, 2.05) is 0 Å². The predicted molar refractivity (Wildman–Crippen MR) is 103 cm³/mol. The molecule has 0 aliphatic carbocycles. The summed E-state index contributed by atoms with van der Waals surface area (Å²) in [5.74, 6) is -3.38. The lowest BCUT2D eigenvalue weighted by Crippen LogP contribution is -2.55. The Balaban J connectivity index is 2.57. The zero-order valence-electron chi connectivity index (χ0n) is 15.6. The second kappa shape index (κ2) is 11.3. The number of carbonyl (C=O) groups is 4. The molecule has 12 heteroatoms. The number of nitrogens with one attached hydrogen (secondary N) is 4. The van der Waals surface area contributed by atoms with Gasteiger partial charge in [-0.05, 0) is 5.92 Å². The first-order valence-corrected chi connectivity index (χ1v) is 9.23. The van der Waals surface area contributed by atoms with Crippen molar-refractivity contribution >= 4 is 36.3 Å². The number of H-pyrrole nitrogens is 1. The lowest BCUT2D eigenvalue weighted by atomic mass is 10.0. The Bertz CT molecular complexity index is 681. The van der Waals surface area contributed by atoms with Crippen LogP contribution in [0.5, 0.6) is 0 Å². The van der Waals surface area contributed by atoms with Crippen LogP contribution < -0.4 is 21.7 Å². The van der Waals surface area contributed by atoms with Gasteiger partial charge in [-0.2, -0.15) is 12.6 Å². The molecule has 0 bridgehead atoms. The number of aromatic amines is 1. The summed E-state index contributed by atoms with van der Waals surface area (Å²) in [5.41, 5.74) is 6.47. The Labute approximate surface area is 167 Å². The summed E-state index contributed by atoms with van der Waals surface area (Å²) in [4.78, 5) is 54.1. The molecule has 7 N–H and O–H groups in total. The normalized spacial score (nSPS) is 14.0. The zero-order chi connectivity index (χ0) is 21.3. The highest BCUT2D eigenvalue weighted by molar-refractivity contribution is 7.80. The number of rotatable bonds is 11. The maximum absolute atomic E-state index is 12.4. The van der Waals surface area contributed by atoms with Gasteiger partial charge >= 0.3 is 5.97 Å². The first-order chi connectivity index (χ1) is 13.1. The van der Waals surface area contributed by atoms with E-state index in [9.17, 15) is 19.2 Å². The second-order valence-corrected chi connectivity index (χ2v) is 6.83. The maximum atomic E-state index is 12.4. The highest BCUT2D eigenvalue weighted by Gasteiger charge is 2.27. The van der Waals surface area contributed by atoms with Gasteiger partial charge in [0.05, 0.1) is 24.6 Å². The minimum Gasteiger partial charge on any atom is -0.480 e. The van der Waals surface area contributed by atoms with Crippen molar-refractivity contribution in [2.24, 2.45) is 11.7 Å². The van der Waals surface area contributed by atoms with Crippen LogP contribution in [0.4, 0.5) is 0 Å². The van der Waals surface area contributed by atoms with Gasteiger partial charge in [-0.3, -0.25) is 14.4 Å². The molecule has 0 aliphatic heterocycles. The smallest absolute Gasteiger partial charge is 0.327 e. The number of carboxylic acid groups (broad SMARTS) is 1. The van der Waals surface area contributed by atoms with E-state index >= 15 is 0 Å². The molecule has 0 radical (unpaired) electrons. The monoisotopic (exact) mass is 414 g/mol. The van der Waals surface area contributed by atoms with Crippen molar-refractivity contribution in [3.05, 3.63) is 18.2 Å². The van der Waals surface area contributed by atoms with Crippen molar-refractivity contribution in [1.82, 2.24) is 25.9 Å². The number of amides is 3. The maximum Gasteiger partial charge on any atom is 0.327 e. The average molecular weight is 414 g/mol. The Kier molecular flexibility index (Phi) is 9.45. The van der Waals surface area contributed by atoms with Crippen molar-refractivity contribution in [3.8, 4) is 0 Å². The van der Waals surface area contributed by atoms with Crippen molar-refractivity contribution in [2.75, 3.05) is 12.3 Å². The Morgan fingerprint density at radius 1 is 1.25 bits per heavy atom. The molecule has 11 nitrogen and oxygen atoms in total. The van der Waals surface area contributed by atoms with E-state index in [0.29, 0.717) is 5.69 Å². The van der Waals surface area contributed by atoms with Crippen LogP contribution >= 0.6 is 12.6 Å². The summed E-state index contributed by atoms with van der Waals surface area (Å²) < 4.78 is 0. The van der Waals surface area contributed by atoms with Crippen LogP contribution in [-0.4, -0.2) is 69.2 Å². The fourth-order valence-electron chi connectivity index (χ4n) is 2.22. The third kappa shape index (κ3) is 7.56. The minimum atomic E-state index is -1.23. The number of nitrogens with two attached hydrogens (primary N) is 1. The average Bonchev–Trinajstić information content (AvgIpc) is 3.14. The molecule has 0 saturated heterocycles. The number of carboxylic acids is 1. The molecule has 1 aromatic heterocycles. The van der Waals surface area contributed by atoms with Crippen LogP contribution in [0.2, 0.25) is 0 Å². The second-order valence-electron chi connectivity index (χ2n) is 6.46. The summed E-state index contributed by atoms with van der Waals surface area (Å²) in [7, 11) is 0. The van der Waals surface area contributed by atoms with Crippen molar-refractivity contribution in [2.45, 2.75) is 38.4 Å². The van der Waals surface area contributed by atoms with Crippen LogP contribution in [0.1, 0.15) is 19.5 Å². The number of hydrogen-bond donors (Lipinski definition) is 7. The highest BCUT2D eigenvalue weighted by atomic mass is 32.1. The topological polar surface area (TPSA) is 179 Å². The van der Waals surface area contributed by atoms with E-state index in [4.69, 9.17) is 10.8 Å². The molecule has 1 aromatic rings. The third-order valence-corrected chi connectivity index (χ3v) is 4.17. The number of imidazole rings is 1. The summed E-state index contributed by atoms with van der Waals surface area (Å²) in [6.45, 7) is 3.02. The van der Waals surface area contributed by atoms with Crippen molar-refractivity contribution < 1.29 is 24.3 Å². The molecule has 0 spiro atoms. The fraction of sp³-hybridized carbons (Fsp3) is 0.562. The number of aliphatic carboxylic acids is 1. The van der Waals surface area contributed by atoms with Gasteiger partial charge < -0.3 is 31.8 Å². The molecule has 0 unspecified atom stereocenters. The molecular weight excluding hydrogens is 388 g/mol.